The van der Waals surface area contributed by atoms with Crippen LogP contribution in [0, 0.1) is 0 Å². The van der Waals surface area contributed by atoms with Crippen LogP contribution in [0.4, 0.5) is 10.5 Å². The van der Waals surface area contributed by atoms with Crippen LogP contribution in [-0.2, 0) is 4.79 Å². The summed E-state index contributed by atoms with van der Waals surface area (Å²) in [4.78, 5) is 27.8. The Labute approximate surface area is 154 Å². The van der Waals surface area contributed by atoms with E-state index in [9.17, 15) is 9.59 Å². The summed E-state index contributed by atoms with van der Waals surface area (Å²) in [6, 6.07) is 7.55. The molecular formula is C19H29N4O3+. The highest BCUT2D eigenvalue weighted by Gasteiger charge is 2.32. The summed E-state index contributed by atoms with van der Waals surface area (Å²) in [7, 11) is 1.61. The Morgan fingerprint density at radius 2 is 2.12 bits per heavy atom. The van der Waals surface area contributed by atoms with E-state index in [1.165, 1.54) is 13.0 Å². The molecule has 3 amide bonds. The van der Waals surface area contributed by atoms with E-state index in [2.05, 4.69) is 17.6 Å². The van der Waals surface area contributed by atoms with Gasteiger partial charge in [0.2, 0.25) is 5.91 Å². The molecule has 7 nitrogen and oxygen atoms in total. The Hall–Kier alpha value is -2.28. The van der Waals surface area contributed by atoms with E-state index < -0.39 is 0 Å². The number of likely N-dealkylation sites (tertiary alicyclic amines) is 1. The number of urea groups is 1. The van der Waals surface area contributed by atoms with Crippen molar-refractivity contribution in [3.63, 3.8) is 0 Å². The molecule has 0 spiro atoms. The van der Waals surface area contributed by atoms with Crippen molar-refractivity contribution in [1.82, 2.24) is 10.6 Å². The Balaban J connectivity index is 1.48. The number of hydrogen-bond donors (Lipinski definition) is 3. The van der Waals surface area contributed by atoms with Gasteiger partial charge in [-0.25, -0.2) is 4.79 Å². The number of hydrogen-bond acceptors (Lipinski definition) is 3. The summed E-state index contributed by atoms with van der Waals surface area (Å²) in [6.07, 6.45) is 2.72. The van der Waals surface area contributed by atoms with Crippen LogP contribution >= 0.6 is 0 Å². The van der Waals surface area contributed by atoms with Crippen molar-refractivity contribution < 1.29 is 19.2 Å². The molecule has 3 atom stereocenters. The summed E-state index contributed by atoms with van der Waals surface area (Å²) in [6.45, 7) is 5.66. The fourth-order valence-electron chi connectivity index (χ4n) is 3.96. The van der Waals surface area contributed by atoms with Crippen molar-refractivity contribution in [2.45, 2.75) is 38.3 Å². The smallest absolute Gasteiger partial charge is 0.315 e. The zero-order valence-electron chi connectivity index (χ0n) is 15.6. The van der Waals surface area contributed by atoms with Gasteiger partial charge in [0, 0.05) is 31.5 Å². The molecule has 1 aromatic rings. The molecule has 26 heavy (non-hydrogen) atoms. The molecule has 0 saturated carbocycles. The van der Waals surface area contributed by atoms with Crippen molar-refractivity contribution in [3.8, 4) is 5.75 Å². The first-order valence-electron chi connectivity index (χ1n) is 9.44. The van der Waals surface area contributed by atoms with E-state index in [0.29, 0.717) is 25.6 Å². The zero-order valence-corrected chi connectivity index (χ0v) is 15.6. The minimum Gasteiger partial charge on any atom is -0.497 e. The topological polar surface area (TPSA) is 75.1 Å². The third-order valence-corrected chi connectivity index (χ3v) is 5.44. The van der Waals surface area contributed by atoms with E-state index in [-0.39, 0.29) is 18.0 Å². The number of anilines is 1. The normalized spacial score (nSPS) is 25.4. The monoisotopic (exact) mass is 361 g/mol. The number of nitrogens with one attached hydrogen (secondary N) is 3. The van der Waals surface area contributed by atoms with Crippen LogP contribution in [0.3, 0.4) is 0 Å². The fraction of sp³-hybridized carbons (Fsp3) is 0.579. The SMILES string of the molecule is CC[NH+]1CCC[C@H]1CNC(=O)N[C@@H]1CC(=O)N(c2ccc(OC)cc2)C1. The zero-order chi connectivity index (χ0) is 18.5. The highest BCUT2D eigenvalue weighted by atomic mass is 16.5. The fourth-order valence-corrected chi connectivity index (χ4v) is 3.96. The van der Waals surface area contributed by atoms with Gasteiger partial charge in [0.05, 0.1) is 32.8 Å². The minimum absolute atomic E-state index is 0.0258. The lowest BCUT2D eigenvalue weighted by atomic mass is 10.2. The van der Waals surface area contributed by atoms with Gasteiger partial charge in [0.1, 0.15) is 11.8 Å². The lowest BCUT2D eigenvalue weighted by Gasteiger charge is -2.21. The predicted octanol–water partition coefficient (Wildman–Crippen LogP) is 0.167. The van der Waals surface area contributed by atoms with Crippen molar-refractivity contribution in [2.24, 2.45) is 0 Å². The molecule has 2 saturated heterocycles. The van der Waals surface area contributed by atoms with Gasteiger partial charge in [-0.15, -0.1) is 0 Å². The summed E-state index contributed by atoms with van der Waals surface area (Å²) in [5.74, 6) is 0.780. The molecule has 2 aliphatic rings. The summed E-state index contributed by atoms with van der Waals surface area (Å²) >= 11 is 0. The maximum absolute atomic E-state index is 12.3. The van der Waals surface area contributed by atoms with Gasteiger partial charge in [-0.05, 0) is 31.2 Å². The predicted molar refractivity (Wildman–Crippen MR) is 99.7 cm³/mol. The number of benzene rings is 1. The maximum Gasteiger partial charge on any atom is 0.315 e. The number of nitrogens with zero attached hydrogens (tertiary/aromatic N) is 1. The Kier molecular flexibility index (Phi) is 5.98. The Morgan fingerprint density at radius 3 is 2.81 bits per heavy atom. The van der Waals surface area contributed by atoms with E-state index in [0.717, 1.165) is 24.4 Å². The van der Waals surface area contributed by atoms with Gasteiger partial charge < -0.3 is 25.2 Å². The van der Waals surface area contributed by atoms with Crippen molar-refractivity contribution in [1.29, 1.82) is 0 Å². The van der Waals surface area contributed by atoms with Crippen LogP contribution in [0.25, 0.3) is 0 Å². The summed E-state index contributed by atoms with van der Waals surface area (Å²) in [5.41, 5.74) is 0.827. The van der Waals surface area contributed by atoms with Crippen molar-refractivity contribution in [3.05, 3.63) is 24.3 Å². The highest BCUT2D eigenvalue weighted by Crippen LogP contribution is 2.24. The van der Waals surface area contributed by atoms with E-state index in [1.54, 1.807) is 16.9 Å². The quantitative estimate of drug-likeness (QED) is 0.676. The first-order valence-corrected chi connectivity index (χ1v) is 9.44. The average molecular weight is 361 g/mol. The first kappa shape index (κ1) is 18.5. The van der Waals surface area contributed by atoms with Gasteiger partial charge in [0.25, 0.3) is 0 Å². The lowest BCUT2D eigenvalue weighted by molar-refractivity contribution is -0.909. The molecule has 0 radical (unpaired) electrons. The van der Waals surface area contributed by atoms with Crippen LogP contribution in [0.2, 0.25) is 0 Å². The van der Waals surface area contributed by atoms with E-state index in [1.807, 2.05) is 24.3 Å². The van der Waals surface area contributed by atoms with Crippen molar-refractivity contribution in [2.75, 3.05) is 38.2 Å². The number of carbonyl (C=O) groups is 2. The van der Waals surface area contributed by atoms with Crippen LogP contribution in [0.15, 0.2) is 24.3 Å². The molecular weight excluding hydrogens is 332 g/mol. The molecule has 7 heteroatoms. The number of rotatable bonds is 6. The molecule has 2 fully saturated rings. The average Bonchev–Trinajstić information content (AvgIpc) is 3.26. The molecule has 0 aliphatic carbocycles. The second kappa shape index (κ2) is 8.40. The van der Waals surface area contributed by atoms with Crippen LogP contribution in [0.5, 0.6) is 5.75 Å². The second-order valence-electron chi connectivity index (χ2n) is 7.06. The van der Waals surface area contributed by atoms with E-state index >= 15 is 0 Å². The summed E-state index contributed by atoms with van der Waals surface area (Å²) < 4.78 is 5.15. The maximum atomic E-state index is 12.3. The van der Waals surface area contributed by atoms with Crippen molar-refractivity contribution >= 4 is 17.6 Å². The number of amides is 3. The molecule has 0 aromatic heterocycles. The third-order valence-electron chi connectivity index (χ3n) is 5.44. The van der Waals surface area contributed by atoms with Gasteiger partial charge in [-0.2, -0.15) is 0 Å². The largest absolute Gasteiger partial charge is 0.497 e. The number of methoxy groups -OCH3 is 1. The molecule has 1 aromatic carbocycles. The number of likely N-dealkylation sites (N-methyl/N-ethyl adjacent to an activating group) is 1. The minimum atomic E-state index is -0.179. The van der Waals surface area contributed by atoms with Crippen LogP contribution in [0.1, 0.15) is 26.2 Å². The van der Waals surface area contributed by atoms with E-state index in [4.69, 9.17) is 4.74 Å². The highest BCUT2D eigenvalue weighted by molar-refractivity contribution is 5.96. The molecule has 142 valence electrons. The lowest BCUT2D eigenvalue weighted by Crippen LogP contribution is -3.14. The number of ether oxygens (including phenoxy) is 1. The van der Waals surface area contributed by atoms with Crippen LogP contribution in [-0.4, -0.2) is 57.3 Å². The van der Waals surface area contributed by atoms with Gasteiger partial charge >= 0.3 is 6.03 Å². The molecule has 3 N–H and O–H groups in total. The Bertz CT molecular complexity index is 634. The number of carbonyl (C=O) groups excluding carboxylic acids is 2. The molecule has 1 unspecified atom stereocenters. The van der Waals surface area contributed by atoms with Crippen LogP contribution < -0.4 is 25.2 Å². The summed E-state index contributed by atoms with van der Waals surface area (Å²) in [5, 5.41) is 5.92. The van der Waals surface area contributed by atoms with Gasteiger partial charge in [-0.3, -0.25) is 4.79 Å². The first-order chi connectivity index (χ1) is 12.6. The molecule has 2 heterocycles. The molecule has 2 aliphatic heterocycles. The molecule has 0 bridgehead atoms. The second-order valence-corrected chi connectivity index (χ2v) is 7.06. The standard InChI is InChI=1S/C19H28N4O3/c1-3-22-10-4-5-16(22)12-20-19(25)21-14-11-18(24)23(13-14)15-6-8-17(26-2)9-7-15/h6-9,14,16H,3-5,10-13H2,1-2H3,(H2,20,21,25)/p+1/t14-,16+/m1/s1. The third kappa shape index (κ3) is 4.27. The van der Waals surface area contributed by atoms with Gasteiger partial charge in [-0.1, -0.05) is 0 Å². The molecule has 3 rings (SSSR count). The number of quaternary nitrogens is 1. The van der Waals surface area contributed by atoms with Gasteiger partial charge in [0.15, 0.2) is 0 Å². The Morgan fingerprint density at radius 1 is 1.35 bits per heavy atom.